The highest BCUT2D eigenvalue weighted by atomic mass is 16.3. The predicted octanol–water partition coefficient (Wildman–Crippen LogP) is 0.813. The number of nitrogens with one attached hydrogen (secondary N) is 2. The number of aromatic nitrogens is 1. The maximum absolute atomic E-state index is 11.4. The van der Waals surface area contributed by atoms with E-state index >= 15 is 0 Å². The number of aryl methyl sites for hydroxylation is 1. The van der Waals surface area contributed by atoms with E-state index in [1.807, 2.05) is 6.92 Å². The van der Waals surface area contributed by atoms with Crippen molar-refractivity contribution in [2.45, 2.75) is 13.0 Å². The van der Waals surface area contributed by atoms with Gasteiger partial charge in [0.25, 0.3) is 5.91 Å². The Balaban J connectivity index is 2.22. The first-order chi connectivity index (χ1) is 7.70. The summed E-state index contributed by atoms with van der Waals surface area (Å²) in [4.78, 5) is 15.7. The van der Waals surface area contributed by atoms with E-state index in [1.54, 1.807) is 31.7 Å². The molecule has 0 fully saturated rings. The second kappa shape index (κ2) is 4.22. The number of carbonyl (C=O) groups excluding carboxylic acids is 1. The number of oxazole rings is 1. The molecule has 2 heterocycles. The van der Waals surface area contributed by atoms with E-state index < -0.39 is 0 Å². The number of hydrogen-bond donors (Lipinski definition) is 2. The Labute approximate surface area is 93.2 Å². The minimum absolute atomic E-state index is 0.119. The monoisotopic (exact) mass is 219 g/mol. The number of nitrogens with zero attached hydrogens (tertiary/aromatic N) is 1. The minimum atomic E-state index is -0.189. The van der Waals surface area contributed by atoms with Gasteiger partial charge in [-0.3, -0.25) is 4.79 Å². The van der Waals surface area contributed by atoms with Gasteiger partial charge in [0.15, 0.2) is 0 Å². The fraction of sp³-hybridized carbons (Fsp3) is 0.273. The normalized spacial score (nSPS) is 18.9. The van der Waals surface area contributed by atoms with Gasteiger partial charge >= 0.3 is 0 Å². The van der Waals surface area contributed by atoms with Crippen molar-refractivity contribution in [2.75, 3.05) is 7.05 Å². The van der Waals surface area contributed by atoms with Crippen molar-refractivity contribution in [1.29, 1.82) is 0 Å². The first-order valence-corrected chi connectivity index (χ1v) is 4.99. The van der Waals surface area contributed by atoms with Crippen LogP contribution in [0.1, 0.15) is 17.6 Å². The topological polar surface area (TPSA) is 67.2 Å². The highest BCUT2D eigenvalue weighted by Crippen LogP contribution is 2.19. The molecule has 1 aliphatic heterocycles. The highest BCUT2D eigenvalue weighted by Gasteiger charge is 2.18. The van der Waals surface area contributed by atoms with Crippen molar-refractivity contribution in [1.82, 2.24) is 15.6 Å². The Morgan fingerprint density at radius 1 is 1.62 bits per heavy atom. The number of rotatable bonds is 2. The molecule has 1 aromatic heterocycles. The van der Waals surface area contributed by atoms with Gasteiger partial charge in [-0.2, -0.15) is 0 Å². The number of dihydropyridines is 1. The molecular formula is C11H13N3O2. The molecule has 0 aliphatic carbocycles. The first kappa shape index (κ1) is 10.5. The van der Waals surface area contributed by atoms with Crippen LogP contribution < -0.4 is 10.6 Å². The molecule has 0 radical (unpaired) electrons. The minimum Gasteiger partial charge on any atom is -0.446 e. The molecule has 1 aromatic rings. The van der Waals surface area contributed by atoms with Crippen LogP contribution in [0.25, 0.3) is 0 Å². The SMILES string of the molecule is CNC(=O)C1=CC(c2nc(C)co2)NC=C1. The van der Waals surface area contributed by atoms with Crippen molar-refractivity contribution in [3.8, 4) is 0 Å². The molecule has 5 nitrogen and oxygen atoms in total. The van der Waals surface area contributed by atoms with Crippen LogP contribution in [0, 0.1) is 6.92 Å². The maximum atomic E-state index is 11.4. The van der Waals surface area contributed by atoms with Crippen LogP contribution in [0.15, 0.2) is 34.6 Å². The average Bonchev–Trinajstić information content (AvgIpc) is 2.75. The third-order valence-electron chi connectivity index (χ3n) is 2.28. The van der Waals surface area contributed by atoms with E-state index in [-0.39, 0.29) is 11.9 Å². The maximum Gasteiger partial charge on any atom is 0.250 e. The Hall–Kier alpha value is -2.04. The molecule has 5 heteroatoms. The molecule has 2 rings (SSSR count). The molecule has 1 unspecified atom stereocenters. The molecule has 2 N–H and O–H groups in total. The Morgan fingerprint density at radius 2 is 2.44 bits per heavy atom. The van der Waals surface area contributed by atoms with Gasteiger partial charge < -0.3 is 15.1 Å². The molecule has 16 heavy (non-hydrogen) atoms. The second-order valence-electron chi connectivity index (χ2n) is 3.51. The summed E-state index contributed by atoms with van der Waals surface area (Å²) in [6, 6.07) is -0.189. The van der Waals surface area contributed by atoms with Crippen molar-refractivity contribution < 1.29 is 9.21 Å². The summed E-state index contributed by atoms with van der Waals surface area (Å²) in [5.74, 6) is 0.439. The molecule has 1 atom stereocenters. The van der Waals surface area contributed by atoms with Crippen LogP contribution in [0.3, 0.4) is 0 Å². The van der Waals surface area contributed by atoms with Gasteiger partial charge in [-0.05, 0) is 25.3 Å². The lowest BCUT2D eigenvalue weighted by Gasteiger charge is -2.15. The molecule has 1 amide bonds. The second-order valence-corrected chi connectivity index (χ2v) is 3.51. The first-order valence-electron chi connectivity index (χ1n) is 4.99. The molecule has 0 aromatic carbocycles. The fourth-order valence-electron chi connectivity index (χ4n) is 1.48. The van der Waals surface area contributed by atoms with Crippen LogP contribution in [-0.4, -0.2) is 17.9 Å². The molecular weight excluding hydrogens is 206 g/mol. The van der Waals surface area contributed by atoms with Gasteiger partial charge in [-0.15, -0.1) is 0 Å². The van der Waals surface area contributed by atoms with Crippen molar-refractivity contribution in [3.05, 3.63) is 41.8 Å². The van der Waals surface area contributed by atoms with E-state index in [9.17, 15) is 4.79 Å². The van der Waals surface area contributed by atoms with E-state index in [2.05, 4.69) is 15.6 Å². The third kappa shape index (κ3) is 1.98. The van der Waals surface area contributed by atoms with Crippen LogP contribution >= 0.6 is 0 Å². The smallest absolute Gasteiger partial charge is 0.250 e. The summed E-state index contributed by atoms with van der Waals surface area (Å²) in [5.41, 5.74) is 1.42. The summed E-state index contributed by atoms with van der Waals surface area (Å²) >= 11 is 0. The Kier molecular flexibility index (Phi) is 2.76. The number of carbonyl (C=O) groups is 1. The standard InChI is InChI=1S/C11H13N3O2/c1-7-6-16-11(14-7)9-5-8(3-4-13-9)10(15)12-2/h3-6,9,13H,1-2H3,(H,12,15). The largest absolute Gasteiger partial charge is 0.446 e. The molecule has 0 saturated heterocycles. The molecule has 0 spiro atoms. The molecule has 1 aliphatic rings. The Morgan fingerprint density at radius 3 is 3.06 bits per heavy atom. The van der Waals surface area contributed by atoms with E-state index in [0.717, 1.165) is 5.69 Å². The van der Waals surface area contributed by atoms with E-state index in [4.69, 9.17) is 4.42 Å². The highest BCUT2D eigenvalue weighted by molar-refractivity contribution is 5.96. The van der Waals surface area contributed by atoms with Crippen LogP contribution in [-0.2, 0) is 4.79 Å². The van der Waals surface area contributed by atoms with Crippen LogP contribution in [0.2, 0.25) is 0 Å². The van der Waals surface area contributed by atoms with Gasteiger partial charge in [0.1, 0.15) is 12.3 Å². The van der Waals surface area contributed by atoms with Gasteiger partial charge in [0.2, 0.25) is 5.89 Å². The van der Waals surface area contributed by atoms with Crippen LogP contribution in [0.4, 0.5) is 0 Å². The fourth-order valence-corrected chi connectivity index (χ4v) is 1.48. The van der Waals surface area contributed by atoms with Crippen molar-refractivity contribution in [3.63, 3.8) is 0 Å². The molecule has 0 saturated carbocycles. The summed E-state index contributed by atoms with van der Waals surface area (Å²) < 4.78 is 5.28. The average molecular weight is 219 g/mol. The number of hydrogen-bond acceptors (Lipinski definition) is 4. The predicted molar refractivity (Wildman–Crippen MR) is 58.4 cm³/mol. The van der Waals surface area contributed by atoms with Gasteiger partial charge in [0, 0.05) is 12.6 Å². The van der Waals surface area contributed by atoms with Crippen molar-refractivity contribution in [2.24, 2.45) is 0 Å². The van der Waals surface area contributed by atoms with E-state index in [0.29, 0.717) is 11.5 Å². The zero-order chi connectivity index (χ0) is 11.5. The zero-order valence-electron chi connectivity index (χ0n) is 9.15. The summed E-state index contributed by atoms with van der Waals surface area (Å²) in [7, 11) is 1.60. The lowest BCUT2D eigenvalue weighted by Crippen LogP contribution is -2.24. The Bertz CT molecular complexity index is 460. The lowest BCUT2D eigenvalue weighted by molar-refractivity contribution is -0.116. The number of amides is 1. The third-order valence-corrected chi connectivity index (χ3v) is 2.28. The zero-order valence-corrected chi connectivity index (χ0v) is 9.15. The lowest BCUT2D eigenvalue weighted by atomic mass is 10.1. The molecule has 0 bridgehead atoms. The van der Waals surface area contributed by atoms with Gasteiger partial charge in [0.05, 0.1) is 5.69 Å². The molecule has 84 valence electrons. The quantitative estimate of drug-likeness (QED) is 0.772. The van der Waals surface area contributed by atoms with Crippen LogP contribution in [0.5, 0.6) is 0 Å². The summed E-state index contributed by atoms with van der Waals surface area (Å²) in [6.07, 6.45) is 6.80. The summed E-state index contributed by atoms with van der Waals surface area (Å²) in [5, 5.41) is 5.64. The van der Waals surface area contributed by atoms with E-state index in [1.165, 1.54) is 0 Å². The van der Waals surface area contributed by atoms with Gasteiger partial charge in [-0.1, -0.05) is 0 Å². The van der Waals surface area contributed by atoms with Gasteiger partial charge in [-0.25, -0.2) is 4.98 Å². The summed E-state index contributed by atoms with van der Waals surface area (Å²) in [6.45, 7) is 1.86. The number of likely N-dealkylation sites (N-methyl/N-ethyl adjacent to an activating group) is 1. The van der Waals surface area contributed by atoms with Crippen molar-refractivity contribution >= 4 is 5.91 Å².